The molecule has 1 aliphatic carbocycles. The third-order valence-corrected chi connectivity index (χ3v) is 9.02. The van der Waals surface area contributed by atoms with Crippen molar-refractivity contribution in [1.82, 2.24) is 0 Å². The molecule has 0 fully saturated rings. The van der Waals surface area contributed by atoms with Crippen molar-refractivity contribution in [3.8, 4) is 0 Å². The summed E-state index contributed by atoms with van der Waals surface area (Å²) < 4.78 is 0. The Kier molecular flexibility index (Phi) is 7.51. The normalized spacial score (nSPS) is 21.7. The van der Waals surface area contributed by atoms with Crippen LogP contribution in [0.25, 0.3) is 10.8 Å². The monoisotopic (exact) mass is 626 g/mol. The van der Waals surface area contributed by atoms with Crippen LogP contribution in [0, 0.1) is 0 Å². The van der Waals surface area contributed by atoms with Gasteiger partial charge in [-0.15, -0.1) is 0 Å². The van der Waals surface area contributed by atoms with E-state index in [1.54, 1.807) is 0 Å². The predicted molar refractivity (Wildman–Crippen MR) is 162 cm³/mol. The summed E-state index contributed by atoms with van der Waals surface area (Å²) in [5.41, 5.74) is 10.1. The van der Waals surface area contributed by atoms with E-state index < -0.39 is 0 Å². The van der Waals surface area contributed by atoms with Gasteiger partial charge in [0.2, 0.25) is 0 Å². The van der Waals surface area contributed by atoms with Crippen LogP contribution in [-0.4, -0.2) is 13.1 Å². The topological polar surface area (TPSA) is 19.9 Å². The molecule has 0 aromatic heterocycles. The van der Waals surface area contributed by atoms with Crippen LogP contribution in [0.1, 0.15) is 49.9 Å². The molecular weight excluding hydrogens is 587 g/mol. The molecule has 0 amide bonds. The molecule has 2 nitrogen and oxygen atoms in total. The number of likely N-dealkylation sites (N-methyl/N-ethyl adjacent to an activating group) is 1. The first-order valence-electron chi connectivity index (χ1n) is 13.9. The number of nitrogens with two attached hydrogens (primary N) is 1. The number of hydrogen-bond donors (Lipinski definition) is 1. The summed E-state index contributed by atoms with van der Waals surface area (Å²) >= 11 is 0. The highest BCUT2D eigenvalue weighted by atomic mass is 127. The number of benzene rings is 3. The fourth-order valence-electron chi connectivity index (χ4n) is 7.02. The fourth-order valence-corrected chi connectivity index (χ4v) is 7.02. The summed E-state index contributed by atoms with van der Waals surface area (Å²) in [7, 11) is 2.21. The summed E-state index contributed by atoms with van der Waals surface area (Å²) in [5.74, 6) is 0. The minimum Gasteiger partial charge on any atom is -1.00 e. The Hall–Kier alpha value is -2.89. The molecule has 6 rings (SSSR count). The number of halogens is 1. The highest BCUT2D eigenvalue weighted by Crippen LogP contribution is 2.50. The van der Waals surface area contributed by atoms with Gasteiger partial charge in [0.25, 0.3) is 0 Å². The molecule has 0 spiro atoms. The van der Waals surface area contributed by atoms with Crippen LogP contribution in [-0.2, 0) is 23.7 Å². The van der Waals surface area contributed by atoms with Crippen molar-refractivity contribution < 1.29 is 29.3 Å². The molecule has 3 aliphatic rings. The molecule has 200 valence electrons. The van der Waals surface area contributed by atoms with Crippen molar-refractivity contribution in [1.29, 1.82) is 0 Å². The van der Waals surface area contributed by atoms with Crippen molar-refractivity contribution in [3.63, 3.8) is 0 Å². The maximum absolute atomic E-state index is 2.43. The first-order valence-corrected chi connectivity index (χ1v) is 13.9. The number of fused-ring (bicyclic) bond motifs is 6. The highest BCUT2D eigenvalue weighted by molar-refractivity contribution is 5.90. The summed E-state index contributed by atoms with van der Waals surface area (Å²) in [6.45, 7) is 9.48. The minimum atomic E-state index is -0.00235. The van der Waals surface area contributed by atoms with Crippen LogP contribution >= 0.6 is 0 Å². The SMILES string of the molecule is CN1/C(=C/C=C/C=C/C=C/C2[NH2+]c3ccc4ccccc4c3C2(C)C)C(C)(C)c2c1ccc1c2CC=CC1.[I-]. The van der Waals surface area contributed by atoms with Gasteiger partial charge in [-0.05, 0) is 84.5 Å². The van der Waals surface area contributed by atoms with Crippen molar-refractivity contribution in [2.75, 3.05) is 11.9 Å². The lowest BCUT2D eigenvalue weighted by atomic mass is 9.77. The Morgan fingerprint density at radius 3 is 2.41 bits per heavy atom. The van der Waals surface area contributed by atoms with Gasteiger partial charge in [0.1, 0.15) is 11.7 Å². The summed E-state index contributed by atoms with van der Waals surface area (Å²) in [5, 5.41) is 5.14. The van der Waals surface area contributed by atoms with Gasteiger partial charge in [-0.2, -0.15) is 0 Å². The standard InChI is InChI=1S/C36H38N2.HI/c1-35(2)31(37-29-23-21-25-15-11-13-17-27(25)33(29)35)19-9-7-6-8-10-20-32-36(3,4)34-28-18-14-12-16-26(28)22-24-30(34)38(32)5;/h6-15,17,19-24,31,37H,16,18H2,1-5H3;1H/b7-6+,10-8+,19-9+,32-20+;. The van der Waals surface area contributed by atoms with Crippen molar-refractivity contribution >= 4 is 22.1 Å². The third-order valence-electron chi connectivity index (χ3n) is 9.02. The first-order chi connectivity index (χ1) is 18.3. The fraction of sp³-hybridized carbons (Fsp3) is 0.278. The van der Waals surface area contributed by atoms with Crippen LogP contribution in [0.4, 0.5) is 11.4 Å². The smallest absolute Gasteiger partial charge is 0.134 e. The predicted octanol–water partition coefficient (Wildman–Crippen LogP) is 4.33. The van der Waals surface area contributed by atoms with Gasteiger partial charge in [0.05, 0.1) is 5.41 Å². The molecule has 39 heavy (non-hydrogen) atoms. The van der Waals surface area contributed by atoms with Crippen LogP contribution in [0.5, 0.6) is 0 Å². The van der Waals surface area contributed by atoms with Gasteiger partial charge in [-0.3, -0.25) is 0 Å². The highest BCUT2D eigenvalue weighted by Gasteiger charge is 2.43. The lowest BCUT2D eigenvalue weighted by Gasteiger charge is -2.26. The second-order valence-electron chi connectivity index (χ2n) is 12.0. The van der Waals surface area contributed by atoms with E-state index >= 15 is 0 Å². The number of rotatable bonds is 4. The molecular formula is C36H39IN2. The maximum atomic E-state index is 2.43. The number of anilines is 1. The average Bonchev–Trinajstić information content (AvgIpc) is 3.29. The zero-order valence-corrected chi connectivity index (χ0v) is 25.9. The summed E-state index contributed by atoms with van der Waals surface area (Å²) in [6.07, 6.45) is 22.2. The van der Waals surface area contributed by atoms with Crippen LogP contribution in [0.15, 0.2) is 109 Å². The molecule has 0 saturated carbocycles. The quantitative estimate of drug-likeness (QED) is 0.198. The molecule has 0 radical (unpaired) electrons. The van der Waals surface area contributed by atoms with Gasteiger partial charge < -0.3 is 34.2 Å². The second-order valence-corrected chi connectivity index (χ2v) is 12.0. The molecule has 1 atom stereocenters. The molecule has 2 N–H and O–H groups in total. The Bertz CT molecular complexity index is 1560. The van der Waals surface area contributed by atoms with Gasteiger partial charge >= 0.3 is 0 Å². The molecule has 3 heteroatoms. The molecule has 1 unspecified atom stereocenters. The molecule has 0 saturated heterocycles. The van der Waals surface area contributed by atoms with E-state index in [-0.39, 0.29) is 34.8 Å². The van der Waals surface area contributed by atoms with Crippen molar-refractivity contribution in [2.45, 2.75) is 57.4 Å². The van der Waals surface area contributed by atoms with Crippen molar-refractivity contribution in [2.24, 2.45) is 0 Å². The molecule has 3 aromatic rings. The average molecular weight is 627 g/mol. The zero-order chi connectivity index (χ0) is 26.5. The van der Waals surface area contributed by atoms with Gasteiger partial charge in [-0.25, -0.2) is 0 Å². The maximum Gasteiger partial charge on any atom is 0.134 e. The Morgan fingerprint density at radius 2 is 1.56 bits per heavy atom. The molecule has 3 aromatic carbocycles. The van der Waals surface area contributed by atoms with Crippen LogP contribution in [0.2, 0.25) is 0 Å². The number of allylic oxidation sites excluding steroid dienone is 9. The lowest BCUT2D eigenvalue weighted by Crippen LogP contribution is -3.00. The zero-order valence-electron chi connectivity index (χ0n) is 23.7. The number of hydrogen-bond acceptors (Lipinski definition) is 1. The van der Waals surface area contributed by atoms with E-state index in [2.05, 4.69) is 148 Å². The van der Waals surface area contributed by atoms with Gasteiger partial charge in [0, 0.05) is 29.4 Å². The molecule has 2 aliphatic heterocycles. The largest absolute Gasteiger partial charge is 1.00 e. The first kappa shape index (κ1) is 27.7. The van der Waals surface area contributed by atoms with E-state index in [1.165, 1.54) is 50.1 Å². The number of quaternary nitrogens is 1. The lowest BCUT2D eigenvalue weighted by molar-refractivity contribution is -0.596. The third kappa shape index (κ3) is 4.64. The summed E-state index contributed by atoms with van der Waals surface area (Å²) in [6, 6.07) is 18.3. The van der Waals surface area contributed by atoms with E-state index in [4.69, 9.17) is 0 Å². The van der Waals surface area contributed by atoms with E-state index in [0.717, 1.165) is 12.8 Å². The Morgan fingerprint density at radius 1 is 0.821 bits per heavy atom. The van der Waals surface area contributed by atoms with Crippen LogP contribution < -0.4 is 34.2 Å². The van der Waals surface area contributed by atoms with Crippen LogP contribution in [0.3, 0.4) is 0 Å². The Labute approximate surface area is 250 Å². The molecule has 0 bridgehead atoms. The minimum absolute atomic E-state index is 0. The second kappa shape index (κ2) is 10.6. The summed E-state index contributed by atoms with van der Waals surface area (Å²) in [4.78, 5) is 2.38. The van der Waals surface area contributed by atoms with E-state index in [1.807, 2.05) is 0 Å². The number of nitrogens with zero attached hydrogens (tertiary/aromatic N) is 1. The van der Waals surface area contributed by atoms with Gasteiger partial charge in [0.15, 0.2) is 0 Å². The van der Waals surface area contributed by atoms with E-state index in [0.29, 0.717) is 6.04 Å². The molecule has 2 heterocycles. The van der Waals surface area contributed by atoms with Gasteiger partial charge in [-0.1, -0.05) is 86.7 Å². The van der Waals surface area contributed by atoms with E-state index in [9.17, 15) is 0 Å². The Balaban J connectivity index is 0.00000308. The van der Waals surface area contributed by atoms with Crippen molar-refractivity contribution in [3.05, 3.63) is 131 Å².